The Morgan fingerprint density at radius 1 is 1.15 bits per heavy atom. The second-order valence-electron chi connectivity index (χ2n) is 5.77. The largest absolute Gasteiger partial charge is 0.452 e. The van der Waals surface area contributed by atoms with Gasteiger partial charge in [0.2, 0.25) is 0 Å². The van der Waals surface area contributed by atoms with Gasteiger partial charge in [0.15, 0.2) is 6.61 Å². The second-order valence-corrected chi connectivity index (χ2v) is 6.62. The van der Waals surface area contributed by atoms with Crippen molar-refractivity contribution in [2.24, 2.45) is 0 Å². The highest BCUT2D eigenvalue weighted by atomic mass is 35.5. The van der Waals surface area contributed by atoms with E-state index in [4.69, 9.17) is 33.7 Å². The first-order valence-electron chi connectivity index (χ1n) is 8.21. The molecular weight excluding hydrogens is 375 g/mol. The number of halogens is 2. The van der Waals surface area contributed by atoms with Crippen molar-refractivity contribution in [3.8, 4) is 0 Å². The fraction of sp³-hybridized carbons (Fsp3) is 0.263. The summed E-state index contributed by atoms with van der Waals surface area (Å²) in [7, 11) is 0. The van der Waals surface area contributed by atoms with E-state index in [-0.39, 0.29) is 21.3 Å². The van der Waals surface area contributed by atoms with E-state index in [1.54, 1.807) is 0 Å². The lowest BCUT2D eigenvalue weighted by Gasteiger charge is -2.10. The minimum atomic E-state index is -0.767. The first-order chi connectivity index (χ1) is 12.4. The number of hydrogen-bond acceptors (Lipinski definition) is 4. The van der Waals surface area contributed by atoms with Crippen LogP contribution < -0.4 is 11.1 Å². The third-order valence-corrected chi connectivity index (χ3v) is 4.24. The number of hydrogen-bond donors (Lipinski definition) is 2. The number of carbonyl (C=O) groups excluding carboxylic acids is 2. The average molecular weight is 395 g/mol. The highest BCUT2D eigenvalue weighted by Crippen LogP contribution is 2.28. The molecule has 0 saturated heterocycles. The van der Waals surface area contributed by atoms with Crippen molar-refractivity contribution in [2.75, 3.05) is 17.7 Å². The lowest BCUT2D eigenvalue weighted by atomic mass is 10.1. The Morgan fingerprint density at radius 2 is 1.85 bits per heavy atom. The van der Waals surface area contributed by atoms with Gasteiger partial charge in [0.25, 0.3) is 5.91 Å². The van der Waals surface area contributed by atoms with Gasteiger partial charge in [0, 0.05) is 10.7 Å². The molecule has 0 aliphatic rings. The van der Waals surface area contributed by atoms with Crippen molar-refractivity contribution < 1.29 is 14.3 Å². The number of unbranched alkanes of at least 4 members (excludes halogenated alkanes) is 1. The summed E-state index contributed by atoms with van der Waals surface area (Å²) in [6.07, 6.45) is 3.26. The van der Waals surface area contributed by atoms with E-state index in [2.05, 4.69) is 12.2 Å². The molecule has 5 nitrogen and oxygen atoms in total. The van der Waals surface area contributed by atoms with E-state index in [1.165, 1.54) is 17.7 Å². The van der Waals surface area contributed by atoms with Crippen molar-refractivity contribution in [3.63, 3.8) is 0 Å². The number of esters is 1. The molecule has 0 fully saturated rings. The molecule has 7 heteroatoms. The van der Waals surface area contributed by atoms with Crippen molar-refractivity contribution in [2.45, 2.75) is 26.2 Å². The summed E-state index contributed by atoms with van der Waals surface area (Å²) in [6, 6.07) is 10.3. The zero-order valence-electron chi connectivity index (χ0n) is 14.4. The highest BCUT2D eigenvalue weighted by Gasteiger charge is 2.16. The van der Waals surface area contributed by atoms with E-state index in [9.17, 15) is 9.59 Å². The Bertz CT molecular complexity index is 792. The Labute approximate surface area is 162 Å². The fourth-order valence-corrected chi connectivity index (χ4v) is 2.79. The number of aryl methyl sites for hydroxylation is 1. The van der Waals surface area contributed by atoms with Gasteiger partial charge >= 0.3 is 5.97 Å². The standard InChI is InChI=1S/C19H20Cl2N2O3/c1-2-3-4-12-5-7-14(8-6-12)23-17(24)11-26-19(25)15-9-13(20)10-16(21)18(15)22/h5-10H,2-4,11,22H2,1H3,(H,23,24). The summed E-state index contributed by atoms with van der Waals surface area (Å²) in [4.78, 5) is 24.0. The van der Waals surface area contributed by atoms with Crippen LogP contribution in [-0.4, -0.2) is 18.5 Å². The molecular formula is C19H20Cl2N2O3. The van der Waals surface area contributed by atoms with Crippen molar-refractivity contribution in [1.29, 1.82) is 0 Å². The van der Waals surface area contributed by atoms with E-state index in [1.807, 2.05) is 24.3 Å². The van der Waals surface area contributed by atoms with Gasteiger partial charge in [-0.2, -0.15) is 0 Å². The summed E-state index contributed by atoms with van der Waals surface area (Å²) in [6.45, 7) is 1.70. The molecule has 138 valence electrons. The number of carbonyl (C=O) groups is 2. The Kier molecular flexibility index (Phi) is 7.30. The lowest BCUT2D eigenvalue weighted by molar-refractivity contribution is -0.119. The molecule has 0 aliphatic heterocycles. The summed E-state index contributed by atoms with van der Waals surface area (Å²) in [5.41, 5.74) is 7.67. The summed E-state index contributed by atoms with van der Waals surface area (Å²) in [5.74, 6) is -1.22. The number of rotatable bonds is 7. The van der Waals surface area contributed by atoms with E-state index in [0.29, 0.717) is 5.69 Å². The zero-order valence-corrected chi connectivity index (χ0v) is 15.9. The highest BCUT2D eigenvalue weighted by molar-refractivity contribution is 6.37. The SMILES string of the molecule is CCCCc1ccc(NC(=O)COC(=O)c2cc(Cl)cc(Cl)c2N)cc1. The molecule has 2 aromatic carbocycles. The fourth-order valence-electron chi connectivity index (χ4n) is 2.30. The Balaban J connectivity index is 1.89. The van der Waals surface area contributed by atoms with Gasteiger partial charge in [-0.15, -0.1) is 0 Å². The summed E-state index contributed by atoms with van der Waals surface area (Å²) < 4.78 is 4.98. The van der Waals surface area contributed by atoms with Gasteiger partial charge in [-0.05, 0) is 42.7 Å². The Morgan fingerprint density at radius 3 is 2.50 bits per heavy atom. The van der Waals surface area contributed by atoms with Crippen LogP contribution >= 0.6 is 23.2 Å². The van der Waals surface area contributed by atoms with Gasteiger partial charge in [0.1, 0.15) is 0 Å². The number of nitrogens with two attached hydrogens (primary N) is 1. The van der Waals surface area contributed by atoms with Crippen LogP contribution in [0.5, 0.6) is 0 Å². The van der Waals surface area contributed by atoms with Crippen LogP contribution in [0, 0.1) is 0 Å². The van der Waals surface area contributed by atoms with E-state index < -0.39 is 18.5 Å². The number of anilines is 2. The average Bonchev–Trinajstić information content (AvgIpc) is 2.62. The quantitative estimate of drug-likeness (QED) is 0.525. The number of nitrogen functional groups attached to an aromatic ring is 1. The predicted octanol–water partition coefficient (Wildman–Crippen LogP) is 4.71. The minimum absolute atomic E-state index is 0.0237. The van der Waals surface area contributed by atoms with Gasteiger partial charge < -0.3 is 15.8 Å². The van der Waals surface area contributed by atoms with Crippen LogP contribution in [0.15, 0.2) is 36.4 Å². The van der Waals surface area contributed by atoms with Crippen molar-refractivity contribution in [3.05, 3.63) is 57.6 Å². The summed E-state index contributed by atoms with van der Waals surface area (Å²) >= 11 is 11.7. The van der Waals surface area contributed by atoms with Gasteiger partial charge in [-0.1, -0.05) is 48.7 Å². The van der Waals surface area contributed by atoms with Crippen LogP contribution in [0.1, 0.15) is 35.7 Å². The molecule has 0 heterocycles. The molecule has 1 amide bonds. The molecule has 0 atom stereocenters. The van der Waals surface area contributed by atoms with Crippen LogP contribution in [-0.2, 0) is 16.0 Å². The molecule has 0 unspecified atom stereocenters. The van der Waals surface area contributed by atoms with Gasteiger partial charge in [-0.25, -0.2) is 4.79 Å². The number of nitrogens with one attached hydrogen (secondary N) is 1. The lowest BCUT2D eigenvalue weighted by Crippen LogP contribution is -2.21. The third-order valence-electron chi connectivity index (χ3n) is 3.71. The third kappa shape index (κ3) is 5.64. The normalized spacial score (nSPS) is 10.4. The summed E-state index contributed by atoms with van der Waals surface area (Å²) in [5, 5.41) is 3.07. The van der Waals surface area contributed by atoms with E-state index >= 15 is 0 Å². The van der Waals surface area contributed by atoms with Crippen molar-refractivity contribution in [1.82, 2.24) is 0 Å². The van der Waals surface area contributed by atoms with Gasteiger partial charge in [0.05, 0.1) is 16.3 Å². The first-order valence-corrected chi connectivity index (χ1v) is 8.96. The maximum atomic E-state index is 12.1. The maximum Gasteiger partial charge on any atom is 0.340 e. The number of amides is 1. The predicted molar refractivity (Wildman–Crippen MR) is 105 cm³/mol. The van der Waals surface area contributed by atoms with E-state index in [0.717, 1.165) is 19.3 Å². The molecule has 3 N–H and O–H groups in total. The molecule has 2 aromatic rings. The molecule has 0 radical (unpaired) electrons. The topological polar surface area (TPSA) is 81.4 Å². The molecule has 0 spiro atoms. The van der Waals surface area contributed by atoms with Gasteiger partial charge in [-0.3, -0.25) is 4.79 Å². The smallest absolute Gasteiger partial charge is 0.340 e. The Hall–Kier alpha value is -2.24. The molecule has 26 heavy (non-hydrogen) atoms. The van der Waals surface area contributed by atoms with Crippen molar-refractivity contribution >= 4 is 46.5 Å². The monoisotopic (exact) mass is 394 g/mol. The molecule has 0 saturated carbocycles. The van der Waals surface area contributed by atoms with Crippen LogP contribution in [0.25, 0.3) is 0 Å². The van der Waals surface area contributed by atoms with Crippen LogP contribution in [0.4, 0.5) is 11.4 Å². The molecule has 0 bridgehead atoms. The first kappa shape index (κ1) is 20.1. The molecule has 0 aromatic heterocycles. The number of ether oxygens (including phenoxy) is 1. The molecule has 2 rings (SSSR count). The van der Waals surface area contributed by atoms with Crippen LogP contribution in [0.3, 0.4) is 0 Å². The van der Waals surface area contributed by atoms with Crippen LogP contribution in [0.2, 0.25) is 10.0 Å². The minimum Gasteiger partial charge on any atom is -0.452 e. The molecule has 0 aliphatic carbocycles. The maximum absolute atomic E-state index is 12.1. The zero-order chi connectivity index (χ0) is 19.1. The number of benzene rings is 2. The second kappa shape index (κ2) is 9.46.